The predicted molar refractivity (Wildman–Crippen MR) is 82.8 cm³/mol. The van der Waals surface area contributed by atoms with Gasteiger partial charge in [0.05, 0.1) is 12.0 Å². The maximum atomic E-state index is 11.4. The minimum atomic E-state index is -0.858. The number of fused-ring (bicyclic) bond motifs is 1. The minimum absolute atomic E-state index is 0.0502. The van der Waals surface area contributed by atoms with Gasteiger partial charge in [0.1, 0.15) is 11.5 Å². The molecule has 1 atom stereocenters. The highest BCUT2D eigenvalue weighted by Crippen LogP contribution is 2.40. The van der Waals surface area contributed by atoms with E-state index in [-0.39, 0.29) is 5.70 Å². The molecule has 0 radical (unpaired) electrons. The molecule has 2 aromatic rings. The number of benzene rings is 2. The molecule has 0 saturated carbocycles. The molecule has 0 bridgehead atoms. The Kier molecular flexibility index (Phi) is 3.73. The summed E-state index contributed by atoms with van der Waals surface area (Å²) in [5, 5.41) is 11.8. The highest BCUT2D eigenvalue weighted by atomic mass is 35.5. The van der Waals surface area contributed by atoms with Crippen LogP contribution in [-0.2, 0) is 0 Å². The van der Waals surface area contributed by atoms with Crippen molar-refractivity contribution in [2.75, 3.05) is 7.11 Å². The highest BCUT2D eigenvalue weighted by molar-refractivity contribution is 6.31. The molecule has 0 N–H and O–H groups in total. The summed E-state index contributed by atoms with van der Waals surface area (Å²) >= 11 is 6.16. The van der Waals surface area contributed by atoms with Crippen molar-refractivity contribution < 1.29 is 14.4 Å². The largest absolute Gasteiger partial charge is 0.497 e. The van der Waals surface area contributed by atoms with Gasteiger partial charge in [-0.2, -0.15) is 0 Å². The molecule has 1 aliphatic heterocycles. The van der Waals surface area contributed by atoms with Crippen molar-refractivity contribution >= 4 is 17.7 Å². The summed E-state index contributed by atoms with van der Waals surface area (Å²) in [5.41, 5.74) is 1.14. The van der Waals surface area contributed by atoms with E-state index in [0.717, 1.165) is 0 Å². The smallest absolute Gasteiger partial charge is 0.291 e. The lowest BCUT2D eigenvalue weighted by molar-refractivity contribution is -0.434. The van der Waals surface area contributed by atoms with Crippen molar-refractivity contribution in [3.8, 4) is 11.5 Å². The van der Waals surface area contributed by atoms with Gasteiger partial charge in [-0.05, 0) is 18.2 Å². The molecule has 0 spiro atoms. The van der Waals surface area contributed by atoms with Crippen LogP contribution in [0.4, 0.5) is 0 Å². The highest BCUT2D eigenvalue weighted by Gasteiger charge is 2.34. The monoisotopic (exact) mass is 317 g/mol. The van der Waals surface area contributed by atoms with Gasteiger partial charge in [0.2, 0.25) is 6.10 Å². The maximum absolute atomic E-state index is 11.4. The van der Waals surface area contributed by atoms with Crippen molar-refractivity contribution in [1.82, 2.24) is 0 Å². The van der Waals surface area contributed by atoms with E-state index in [4.69, 9.17) is 21.1 Å². The van der Waals surface area contributed by atoms with Crippen LogP contribution in [0.3, 0.4) is 0 Å². The van der Waals surface area contributed by atoms with Crippen molar-refractivity contribution in [2.45, 2.75) is 6.10 Å². The van der Waals surface area contributed by atoms with E-state index >= 15 is 0 Å². The Labute approximate surface area is 131 Å². The average molecular weight is 318 g/mol. The Hall–Kier alpha value is -2.53. The summed E-state index contributed by atoms with van der Waals surface area (Å²) in [6.45, 7) is 0. The molecule has 0 saturated heterocycles. The average Bonchev–Trinajstić information content (AvgIpc) is 2.53. The fourth-order valence-corrected chi connectivity index (χ4v) is 2.58. The number of nitro groups is 1. The molecule has 5 nitrogen and oxygen atoms in total. The molecule has 1 aliphatic rings. The van der Waals surface area contributed by atoms with E-state index in [1.807, 2.05) is 0 Å². The molecule has 22 heavy (non-hydrogen) atoms. The van der Waals surface area contributed by atoms with Crippen LogP contribution in [0, 0.1) is 10.1 Å². The topological polar surface area (TPSA) is 61.6 Å². The van der Waals surface area contributed by atoms with Crippen molar-refractivity contribution in [1.29, 1.82) is 0 Å². The minimum Gasteiger partial charge on any atom is -0.497 e. The van der Waals surface area contributed by atoms with E-state index in [9.17, 15) is 10.1 Å². The van der Waals surface area contributed by atoms with Crippen LogP contribution in [0.5, 0.6) is 11.5 Å². The Morgan fingerprint density at radius 3 is 2.73 bits per heavy atom. The Morgan fingerprint density at radius 2 is 2.05 bits per heavy atom. The standard InChI is InChI=1S/C16H12ClNO4/c1-21-11-7-6-10-8-14(18(19)20)16(22-15(10)9-11)12-4-2-3-5-13(12)17/h2-9,16H,1H3/t16-/m1/s1. The number of nitrogens with zero attached hydrogens (tertiary/aromatic N) is 1. The molecular weight excluding hydrogens is 306 g/mol. The first kappa shape index (κ1) is 14.4. The molecule has 0 unspecified atom stereocenters. The molecule has 0 aromatic heterocycles. The molecule has 0 aliphatic carbocycles. The van der Waals surface area contributed by atoms with Gasteiger partial charge in [0.15, 0.2) is 0 Å². The van der Waals surface area contributed by atoms with E-state index in [1.165, 1.54) is 6.08 Å². The van der Waals surface area contributed by atoms with Crippen LogP contribution in [0.25, 0.3) is 6.08 Å². The number of halogens is 1. The Morgan fingerprint density at radius 1 is 1.27 bits per heavy atom. The third kappa shape index (κ3) is 2.51. The number of hydrogen-bond acceptors (Lipinski definition) is 4. The summed E-state index contributed by atoms with van der Waals surface area (Å²) in [4.78, 5) is 10.9. The summed E-state index contributed by atoms with van der Waals surface area (Å²) < 4.78 is 11.0. The van der Waals surface area contributed by atoms with Crippen molar-refractivity contribution in [3.63, 3.8) is 0 Å². The van der Waals surface area contributed by atoms with E-state index < -0.39 is 11.0 Å². The first-order valence-electron chi connectivity index (χ1n) is 6.55. The van der Waals surface area contributed by atoms with Gasteiger partial charge in [0.25, 0.3) is 5.70 Å². The van der Waals surface area contributed by atoms with E-state index in [1.54, 1.807) is 49.6 Å². The molecule has 1 heterocycles. The number of rotatable bonds is 3. The van der Waals surface area contributed by atoms with Crippen LogP contribution in [0.2, 0.25) is 5.02 Å². The third-order valence-corrected chi connectivity index (χ3v) is 3.78. The predicted octanol–water partition coefficient (Wildman–Crippen LogP) is 4.10. The third-order valence-electron chi connectivity index (χ3n) is 3.44. The summed E-state index contributed by atoms with van der Waals surface area (Å²) in [6, 6.07) is 12.1. The zero-order valence-electron chi connectivity index (χ0n) is 11.7. The molecule has 0 amide bonds. The number of ether oxygens (including phenoxy) is 2. The second-order valence-electron chi connectivity index (χ2n) is 4.75. The zero-order chi connectivity index (χ0) is 15.7. The van der Waals surface area contributed by atoms with Gasteiger partial charge in [0, 0.05) is 28.3 Å². The van der Waals surface area contributed by atoms with Crippen molar-refractivity contribution in [3.05, 3.63) is 74.4 Å². The molecule has 3 rings (SSSR count). The first-order valence-corrected chi connectivity index (χ1v) is 6.93. The lowest BCUT2D eigenvalue weighted by atomic mass is 10.0. The van der Waals surface area contributed by atoms with Gasteiger partial charge in [-0.3, -0.25) is 10.1 Å². The second-order valence-corrected chi connectivity index (χ2v) is 5.16. The van der Waals surface area contributed by atoms with Crippen LogP contribution < -0.4 is 9.47 Å². The second kappa shape index (κ2) is 5.69. The number of hydrogen-bond donors (Lipinski definition) is 0. The van der Waals surface area contributed by atoms with Crippen LogP contribution >= 0.6 is 11.6 Å². The zero-order valence-corrected chi connectivity index (χ0v) is 12.4. The Bertz CT molecular complexity index is 772. The van der Waals surface area contributed by atoms with Gasteiger partial charge in [-0.25, -0.2) is 0 Å². The van der Waals surface area contributed by atoms with Gasteiger partial charge >= 0.3 is 0 Å². The van der Waals surface area contributed by atoms with Crippen LogP contribution in [0.1, 0.15) is 17.2 Å². The first-order chi connectivity index (χ1) is 10.6. The molecular formula is C16H12ClNO4. The fourth-order valence-electron chi connectivity index (χ4n) is 2.34. The summed E-state index contributed by atoms with van der Waals surface area (Å²) in [6.07, 6.45) is 0.648. The normalized spacial score (nSPS) is 16.3. The lowest BCUT2D eigenvalue weighted by Crippen LogP contribution is -2.20. The number of methoxy groups -OCH3 is 1. The van der Waals surface area contributed by atoms with E-state index in [2.05, 4.69) is 0 Å². The fraction of sp³-hybridized carbons (Fsp3) is 0.125. The molecule has 0 fully saturated rings. The van der Waals surface area contributed by atoms with Crippen molar-refractivity contribution in [2.24, 2.45) is 0 Å². The summed E-state index contributed by atoms with van der Waals surface area (Å²) in [7, 11) is 1.55. The van der Waals surface area contributed by atoms with Gasteiger partial charge < -0.3 is 9.47 Å². The van der Waals surface area contributed by atoms with Crippen LogP contribution in [-0.4, -0.2) is 12.0 Å². The van der Waals surface area contributed by atoms with E-state index in [0.29, 0.717) is 27.6 Å². The molecule has 2 aromatic carbocycles. The lowest BCUT2D eigenvalue weighted by Gasteiger charge is -2.23. The van der Waals surface area contributed by atoms with Gasteiger partial charge in [-0.15, -0.1) is 0 Å². The summed E-state index contributed by atoms with van der Waals surface area (Å²) in [5.74, 6) is 1.14. The SMILES string of the molecule is COc1ccc2c(c1)O[C@H](c1ccccc1Cl)C([N+](=O)[O-])=C2. The quantitative estimate of drug-likeness (QED) is 0.631. The molecule has 112 valence electrons. The Balaban J connectivity index is 2.12. The molecule has 6 heteroatoms. The van der Waals surface area contributed by atoms with Gasteiger partial charge in [-0.1, -0.05) is 29.8 Å². The maximum Gasteiger partial charge on any atom is 0.291 e. The van der Waals surface area contributed by atoms with Crippen LogP contribution in [0.15, 0.2) is 48.2 Å².